The number of anilines is 1. The highest BCUT2D eigenvalue weighted by Gasteiger charge is 2.43. The van der Waals surface area contributed by atoms with Crippen LogP contribution in [0.2, 0.25) is 0 Å². The van der Waals surface area contributed by atoms with Gasteiger partial charge in [-0.05, 0) is 68.0 Å². The molecule has 206 valence electrons. The maximum absolute atomic E-state index is 11.4. The Morgan fingerprint density at radius 1 is 0.950 bits per heavy atom. The number of nitro groups is 1. The average molecular weight is 560 g/mol. The Morgan fingerprint density at radius 2 is 1.73 bits per heavy atom. The Hall–Kier alpha value is -4.64. The van der Waals surface area contributed by atoms with E-state index in [1.54, 1.807) is 26.5 Å². The van der Waals surface area contributed by atoms with Gasteiger partial charge in [-0.15, -0.1) is 0 Å². The molecule has 4 aromatic rings. The first-order valence-corrected chi connectivity index (χ1v) is 12.9. The van der Waals surface area contributed by atoms with Crippen molar-refractivity contribution in [2.24, 2.45) is 0 Å². The number of thiocarbonyl (C=S) groups is 1. The van der Waals surface area contributed by atoms with Gasteiger partial charge in [0.15, 0.2) is 5.11 Å². The molecular formula is C29H29N5O5S. The number of hydrogen-bond donors (Lipinski definition) is 1. The summed E-state index contributed by atoms with van der Waals surface area (Å²) in [6, 6.07) is 17.5. The van der Waals surface area contributed by atoms with Gasteiger partial charge in [0.25, 0.3) is 5.69 Å². The molecule has 1 saturated heterocycles. The second-order valence-corrected chi connectivity index (χ2v) is 9.70. The highest BCUT2D eigenvalue weighted by Crippen LogP contribution is 2.47. The van der Waals surface area contributed by atoms with Crippen LogP contribution < -0.4 is 24.4 Å². The fraction of sp³-hybridized carbons (Fsp3) is 0.241. The van der Waals surface area contributed by atoms with Gasteiger partial charge in [-0.25, -0.2) is 0 Å². The fourth-order valence-electron chi connectivity index (χ4n) is 5.34. The summed E-state index contributed by atoms with van der Waals surface area (Å²) in [5.41, 5.74) is 5.08. The molecule has 0 saturated carbocycles. The monoisotopic (exact) mass is 559 g/mol. The largest absolute Gasteiger partial charge is 0.497 e. The highest BCUT2D eigenvalue weighted by atomic mass is 32.1. The summed E-state index contributed by atoms with van der Waals surface area (Å²) >= 11 is 5.92. The third kappa shape index (κ3) is 4.58. The Bertz CT molecular complexity index is 1590. The van der Waals surface area contributed by atoms with E-state index in [0.29, 0.717) is 28.0 Å². The number of benzene rings is 2. The molecule has 0 spiro atoms. The van der Waals surface area contributed by atoms with E-state index in [9.17, 15) is 10.1 Å². The standard InChI is InChI=1S/C29H29N5O5S/c1-17-14-21(18(2)32(17)23-11-9-19(34(35)36)15-26(23)39-5)28-27(22-8-6-7-13-30-22)31-29(40)33(28)24-16-20(37-3)10-12-25(24)38-4/h6-16,27-28H,1-5H3,(H,31,40). The molecule has 1 aliphatic heterocycles. The third-order valence-corrected chi connectivity index (χ3v) is 7.46. The van der Waals surface area contributed by atoms with Gasteiger partial charge in [-0.3, -0.25) is 15.1 Å². The highest BCUT2D eigenvalue weighted by molar-refractivity contribution is 7.80. The number of aromatic nitrogens is 2. The number of methoxy groups -OCH3 is 3. The normalized spacial score (nSPS) is 16.5. The molecule has 2 aromatic heterocycles. The predicted molar refractivity (Wildman–Crippen MR) is 156 cm³/mol. The van der Waals surface area contributed by atoms with Crippen molar-refractivity contribution in [1.82, 2.24) is 14.9 Å². The quantitative estimate of drug-likeness (QED) is 0.168. The lowest BCUT2D eigenvalue weighted by molar-refractivity contribution is -0.384. The Labute approximate surface area is 237 Å². The second-order valence-electron chi connectivity index (χ2n) is 9.31. The molecule has 3 heterocycles. The zero-order chi connectivity index (χ0) is 28.6. The van der Waals surface area contributed by atoms with Crippen molar-refractivity contribution < 1.29 is 19.1 Å². The number of nitrogens with zero attached hydrogens (tertiary/aromatic N) is 4. The van der Waals surface area contributed by atoms with Gasteiger partial charge in [-0.1, -0.05) is 6.07 Å². The van der Waals surface area contributed by atoms with Crippen molar-refractivity contribution in [3.8, 4) is 22.9 Å². The molecule has 1 N–H and O–H groups in total. The van der Waals surface area contributed by atoms with Crippen LogP contribution in [0, 0.1) is 24.0 Å². The number of aryl methyl sites for hydroxylation is 1. The number of rotatable bonds is 8. The summed E-state index contributed by atoms with van der Waals surface area (Å²) in [6.45, 7) is 4.01. The second kappa shape index (κ2) is 10.9. The minimum absolute atomic E-state index is 0.0415. The SMILES string of the molecule is COc1ccc(OC)c(N2C(=S)NC(c3ccccn3)C2c2cc(C)n(-c3ccc([N+](=O)[O-])cc3OC)c2C)c1. The van der Waals surface area contributed by atoms with Crippen LogP contribution in [-0.4, -0.2) is 40.9 Å². The van der Waals surface area contributed by atoms with Crippen molar-refractivity contribution >= 4 is 28.7 Å². The molecule has 40 heavy (non-hydrogen) atoms. The smallest absolute Gasteiger partial charge is 0.273 e. The Balaban J connectivity index is 1.72. The van der Waals surface area contributed by atoms with Crippen molar-refractivity contribution in [3.05, 3.63) is 99.6 Å². The topological polar surface area (TPSA) is 104 Å². The van der Waals surface area contributed by atoms with Crippen molar-refractivity contribution in [1.29, 1.82) is 0 Å². The molecule has 0 bridgehead atoms. The molecule has 2 aromatic carbocycles. The Morgan fingerprint density at radius 3 is 2.38 bits per heavy atom. The van der Waals surface area contributed by atoms with E-state index in [-0.39, 0.29) is 17.8 Å². The predicted octanol–water partition coefficient (Wildman–Crippen LogP) is 5.60. The van der Waals surface area contributed by atoms with Crippen molar-refractivity contribution in [2.75, 3.05) is 26.2 Å². The first-order chi connectivity index (χ1) is 19.3. The van der Waals surface area contributed by atoms with Crippen LogP contribution in [0.5, 0.6) is 17.2 Å². The van der Waals surface area contributed by atoms with E-state index in [1.807, 2.05) is 59.7 Å². The Kier molecular flexibility index (Phi) is 7.31. The summed E-state index contributed by atoms with van der Waals surface area (Å²) in [6.07, 6.45) is 1.76. The van der Waals surface area contributed by atoms with Crippen LogP contribution in [0.15, 0.2) is 66.9 Å². The van der Waals surface area contributed by atoms with Crippen LogP contribution >= 0.6 is 12.2 Å². The summed E-state index contributed by atoms with van der Waals surface area (Å²) in [4.78, 5) is 17.6. The molecule has 0 radical (unpaired) electrons. The summed E-state index contributed by atoms with van der Waals surface area (Å²) < 4.78 is 18.9. The number of pyridine rings is 1. The van der Waals surface area contributed by atoms with E-state index in [2.05, 4.69) is 16.4 Å². The van der Waals surface area contributed by atoms with E-state index in [1.165, 1.54) is 19.2 Å². The number of non-ortho nitro benzene ring substituents is 1. The molecule has 2 atom stereocenters. The minimum Gasteiger partial charge on any atom is -0.497 e. The van der Waals surface area contributed by atoms with Gasteiger partial charge in [0, 0.05) is 29.7 Å². The van der Waals surface area contributed by atoms with Crippen LogP contribution in [0.25, 0.3) is 5.69 Å². The van der Waals surface area contributed by atoms with Gasteiger partial charge in [0.2, 0.25) is 0 Å². The maximum Gasteiger partial charge on any atom is 0.273 e. The van der Waals surface area contributed by atoms with Crippen LogP contribution in [0.1, 0.15) is 34.7 Å². The van der Waals surface area contributed by atoms with Gasteiger partial charge in [0.1, 0.15) is 17.2 Å². The molecule has 2 unspecified atom stereocenters. The molecule has 5 rings (SSSR count). The zero-order valence-electron chi connectivity index (χ0n) is 22.7. The zero-order valence-corrected chi connectivity index (χ0v) is 23.6. The minimum atomic E-state index is -0.435. The van der Waals surface area contributed by atoms with Crippen LogP contribution in [0.4, 0.5) is 11.4 Å². The average Bonchev–Trinajstić information content (AvgIpc) is 3.46. The summed E-state index contributed by atoms with van der Waals surface area (Å²) in [5, 5.41) is 15.4. The summed E-state index contributed by atoms with van der Waals surface area (Å²) in [5.74, 6) is 1.71. The lowest BCUT2D eigenvalue weighted by Crippen LogP contribution is -2.30. The van der Waals surface area contributed by atoms with E-state index in [4.69, 9.17) is 26.4 Å². The molecule has 1 aliphatic rings. The van der Waals surface area contributed by atoms with Gasteiger partial charge in [0.05, 0.1) is 61.5 Å². The lowest BCUT2D eigenvalue weighted by atomic mass is 9.96. The summed E-state index contributed by atoms with van der Waals surface area (Å²) in [7, 11) is 4.74. The van der Waals surface area contributed by atoms with Crippen LogP contribution in [-0.2, 0) is 0 Å². The van der Waals surface area contributed by atoms with Gasteiger partial charge in [-0.2, -0.15) is 0 Å². The lowest BCUT2D eigenvalue weighted by Gasteiger charge is -2.29. The number of ether oxygens (including phenoxy) is 3. The van der Waals surface area contributed by atoms with E-state index < -0.39 is 4.92 Å². The maximum atomic E-state index is 11.4. The van der Waals surface area contributed by atoms with Crippen LogP contribution in [0.3, 0.4) is 0 Å². The van der Waals surface area contributed by atoms with E-state index in [0.717, 1.165) is 28.3 Å². The van der Waals surface area contributed by atoms with Crippen molar-refractivity contribution in [2.45, 2.75) is 25.9 Å². The first-order valence-electron chi connectivity index (χ1n) is 12.5. The van der Waals surface area contributed by atoms with Crippen molar-refractivity contribution in [3.63, 3.8) is 0 Å². The van der Waals surface area contributed by atoms with E-state index >= 15 is 0 Å². The number of hydrogen-bond acceptors (Lipinski definition) is 7. The number of nitro benzene ring substituents is 1. The molecular weight excluding hydrogens is 530 g/mol. The molecule has 0 aliphatic carbocycles. The molecule has 10 nitrogen and oxygen atoms in total. The third-order valence-electron chi connectivity index (χ3n) is 7.15. The fourth-order valence-corrected chi connectivity index (χ4v) is 5.68. The van der Waals surface area contributed by atoms with Gasteiger partial charge < -0.3 is 29.0 Å². The molecule has 1 fully saturated rings. The van der Waals surface area contributed by atoms with Gasteiger partial charge >= 0.3 is 0 Å². The molecule has 0 amide bonds. The molecule has 11 heteroatoms. The number of nitrogens with one attached hydrogen (secondary N) is 1. The first kappa shape index (κ1) is 26.9.